The highest BCUT2D eigenvalue weighted by atomic mass is 16.5. The van der Waals surface area contributed by atoms with Crippen LogP contribution in [0, 0.1) is 5.92 Å². The number of nitrogens with zero attached hydrogens (tertiary/aromatic N) is 1. The molecule has 1 saturated carbocycles. The van der Waals surface area contributed by atoms with Crippen molar-refractivity contribution < 1.29 is 9.53 Å². The lowest BCUT2D eigenvalue weighted by Gasteiger charge is -2.12. The molecule has 0 aromatic carbocycles. The maximum atomic E-state index is 12.0. The van der Waals surface area contributed by atoms with Crippen molar-refractivity contribution in [3.05, 3.63) is 18.0 Å². The van der Waals surface area contributed by atoms with Gasteiger partial charge in [-0.05, 0) is 38.7 Å². The van der Waals surface area contributed by atoms with Crippen LogP contribution in [0.2, 0.25) is 0 Å². The zero-order chi connectivity index (χ0) is 13.8. The number of rotatable bonds is 7. The molecule has 1 heterocycles. The molecule has 1 aliphatic carbocycles. The van der Waals surface area contributed by atoms with E-state index < -0.39 is 0 Å². The summed E-state index contributed by atoms with van der Waals surface area (Å²) in [6.07, 6.45) is 4.37. The summed E-state index contributed by atoms with van der Waals surface area (Å²) in [5, 5.41) is 2.86. The zero-order valence-electron chi connectivity index (χ0n) is 11.7. The summed E-state index contributed by atoms with van der Waals surface area (Å²) < 4.78 is 7.37. The first-order valence-electron chi connectivity index (χ1n) is 6.91. The van der Waals surface area contributed by atoms with E-state index in [1.165, 1.54) is 12.8 Å². The molecule has 2 rings (SSSR count). The van der Waals surface area contributed by atoms with Gasteiger partial charge in [-0.1, -0.05) is 0 Å². The molecule has 1 aromatic heterocycles. The molecule has 19 heavy (non-hydrogen) atoms. The topological polar surface area (TPSA) is 69.3 Å². The van der Waals surface area contributed by atoms with Crippen LogP contribution in [0.1, 0.15) is 43.2 Å². The second-order valence-corrected chi connectivity index (χ2v) is 5.43. The molecule has 1 aromatic rings. The van der Waals surface area contributed by atoms with E-state index in [0.717, 1.165) is 12.5 Å². The number of hydrogen-bond acceptors (Lipinski definition) is 3. The maximum absolute atomic E-state index is 12.0. The standard InChI is InChI=1S/C14H23N3O2/c1-10(2)17-8-12(15)7-13(17)14(18)16-5-6-19-9-11-3-4-11/h7-8,10-11H,3-6,9,15H2,1-2H3,(H,16,18). The lowest BCUT2D eigenvalue weighted by molar-refractivity contribution is 0.0896. The summed E-state index contributed by atoms with van der Waals surface area (Å²) in [4.78, 5) is 12.0. The van der Waals surface area contributed by atoms with Crippen LogP contribution in [0.3, 0.4) is 0 Å². The fraction of sp³-hybridized carbons (Fsp3) is 0.643. The second-order valence-electron chi connectivity index (χ2n) is 5.43. The Kier molecular flexibility index (Phi) is 4.47. The summed E-state index contributed by atoms with van der Waals surface area (Å²) in [6.45, 7) is 5.98. The molecule has 0 spiro atoms. The summed E-state index contributed by atoms with van der Waals surface area (Å²) in [5.41, 5.74) is 6.97. The lowest BCUT2D eigenvalue weighted by Crippen LogP contribution is -2.29. The Morgan fingerprint density at radius 1 is 1.58 bits per heavy atom. The van der Waals surface area contributed by atoms with Crippen LogP contribution in [0.25, 0.3) is 0 Å². The summed E-state index contributed by atoms with van der Waals surface area (Å²) in [5.74, 6) is 0.661. The van der Waals surface area contributed by atoms with Gasteiger partial charge in [-0.15, -0.1) is 0 Å². The van der Waals surface area contributed by atoms with Crippen LogP contribution < -0.4 is 11.1 Å². The number of carbonyl (C=O) groups excluding carboxylic acids is 1. The van der Waals surface area contributed by atoms with Gasteiger partial charge in [0.15, 0.2) is 0 Å². The number of hydrogen-bond donors (Lipinski definition) is 2. The molecule has 0 unspecified atom stereocenters. The molecular weight excluding hydrogens is 242 g/mol. The molecule has 106 valence electrons. The van der Waals surface area contributed by atoms with Crippen LogP contribution in [0.5, 0.6) is 0 Å². The third-order valence-electron chi connectivity index (χ3n) is 3.24. The largest absolute Gasteiger partial charge is 0.397 e. The van der Waals surface area contributed by atoms with Crippen molar-refractivity contribution >= 4 is 11.6 Å². The minimum absolute atomic E-state index is 0.0968. The van der Waals surface area contributed by atoms with Gasteiger partial charge in [0.25, 0.3) is 5.91 Å². The molecule has 0 bridgehead atoms. The van der Waals surface area contributed by atoms with Gasteiger partial charge in [0, 0.05) is 25.4 Å². The highest BCUT2D eigenvalue weighted by molar-refractivity contribution is 5.93. The van der Waals surface area contributed by atoms with Crippen LogP contribution >= 0.6 is 0 Å². The summed E-state index contributed by atoms with van der Waals surface area (Å²) >= 11 is 0. The van der Waals surface area contributed by atoms with Crippen molar-refractivity contribution in [1.29, 1.82) is 0 Å². The fourth-order valence-electron chi connectivity index (χ4n) is 1.97. The smallest absolute Gasteiger partial charge is 0.268 e. The van der Waals surface area contributed by atoms with Crippen molar-refractivity contribution in [2.45, 2.75) is 32.7 Å². The average molecular weight is 265 g/mol. The predicted octanol–water partition coefficient (Wildman–Crippen LogP) is 1.81. The number of amides is 1. The molecule has 5 heteroatoms. The van der Waals surface area contributed by atoms with Crippen molar-refractivity contribution in [3.63, 3.8) is 0 Å². The lowest BCUT2D eigenvalue weighted by atomic mass is 10.3. The molecule has 0 aliphatic heterocycles. The van der Waals surface area contributed by atoms with Gasteiger partial charge < -0.3 is 20.4 Å². The van der Waals surface area contributed by atoms with Gasteiger partial charge in [-0.25, -0.2) is 0 Å². The molecule has 1 amide bonds. The highest BCUT2D eigenvalue weighted by Gasteiger charge is 2.21. The minimum atomic E-state index is -0.0968. The van der Waals surface area contributed by atoms with Crippen LogP contribution in [-0.2, 0) is 4.74 Å². The van der Waals surface area contributed by atoms with Gasteiger partial charge >= 0.3 is 0 Å². The van der Waals surface area contributed by atoms with Crippen LogP contribution in [0.15, 0.2) is 12.3 Å². The number of nitrogens with one attached hydrogen (secondary N) is 1. The SMILES string of the molecule is CC(C)n1cc(N)cc1C(=O)NCCOCC1CC1. The first kappa shape index (κ1) is 13.9. The van der Waals surface area contributed by atoms with Crippen molar-refractivity contribution in [1.82, 2.24) is 9.88 Å². The number of aromatic nitrogens is 1. The molecule has 5 nitrogen and oxygen atoms in total. The molecular formula is C14H23N3O2. The first-order chi connectivity index (χ1) is 9.08. The van der Waals surface area contributed by atoms with E-state index in [9.17, 15) is 4.79 Å². The number of anilines is 1. The molecule has 1 fully saturated rings. The van der Waals surface area contributed by atoms with Crippen LogP contribution in [0.4, 0.5) is 5.69 Å². The van der Waals surface area contributed by atoms with Gasteiger partial charge in [0.2, 0.25) is 0 Å². The van der Waals surface area contributed by atoms with Crippen molar-refractivity contribution in [2.75, 3.05) is 25.5 Å². The van der Waals surface area contributed by atoms with E-state index in [1.54, 1.807) is 12.3 Å². The van der Waals surface area contributed by atoms with E-state index in [2.05, 4.69) is 5.32 Å². The Bertz CT molecular complexity index is 436. The molecule has 3 N–H and O–H groups in total. The Morgan fingerprint density at radius 3 is 2.95 bits per heavy atom. The number of carbonyl (C=O) groups is 1. The molecule has 0 atom stereocenters. The van der Waals surface area contributed by atoms with E-state index in [4.69, 9.17) is 10.5 Å². The van der Waals surface area contributed by atoms with Crippen molar-refractivity contribution in [3.8, 4) is 0 Å². The van der Waals surface area contributed by atoms with Crippen LogP contribution in [-0.4, -0.2) is 30.2 Å². The van der Waals surface area contributed by atoms with E-state index in [0.29, 0.717) is 24.5 Å². The second kappa shape index (κ2) is 6.10. The van der Waals surface area contributed by atoms with E-state index in [-0.39, 0.29) is 11.9 Å². The summed E-state index contributed by atoms with van der Waals surface area (Å²) in [7, 11) is 0. The third-order valence-corrected chi connectivity index (χ3v) is 3.24. The van der Waals surface area contributed by atoms with Crippen molar-refractivity contribution in [2.24, 2.45) is 5.92 Å². The Balaban J connectivity index is 1.78. The highest BCUT2D eigenvalue weighted by Crippen LogP contribution is 2.28. The fourth-order valence-corrected chi connectivity index (χ4v) is 1.97. The Hall–Kier alpha value is -1.49. The van der Waals surface area contributed by atoms with Gasteiger partial charge in [-0.2, -0.15) is 0 Å². The van der Waals surface area contributed by atoms with E-state index in [1.807, 2.05) is 18.4 Å². The zero-order valence-corrected chi connectivity index (χ0v) is 11.7. The average Bonchev–Trinajstić information content (AvgIpc) is 3.09. The van der Waals surface area contributed by atoms with Gasteiger partial charge in [-0.3, -0.25) is 4.79 Å². The molecule has 0 radical (unpaired) electrons. The van der Waals surface area contributed by atoms with E-state index >= 15 is 0 Å². The maximum Gasteiger partial charge on any atom is 0.268 e. The Labute approximate surface area is 114 Å². The van der Waals surface area contributed by atoms with Gasteiger partial charge in [0.1, 0.15) is 5.69 Å². The minimum Gasteiger partial charge on any atom is -0.397 e. The Morgan fingerprint density at radius 2 is 2.32 bits per heavy atom. The number of nitrogens with two attached hydrogens (primary N) is 1. The number of ether oxygens (including phenoxy) is 1. The monoisotopic (exact) mass is 265 g/mol. The molecule has 1 aliphatic rings. The molecule has 0 saturated heterocycles. The predicted molar refractivity (Wildman–Crippen MR) is 75.1 cm³/mol. The normalized spacial score (nSPS) is 14.9. The summed E-state index contributed by atoms with van der Waals surface area (Å²) in [6, 6.07) is 1.92. The van der Waals surface area contributed by atoms with Gasteiger partial charge in [0.05, 0.1) is 12.3 Å². The first-order valence-corrected chi connectivity index (χ1v) is 6.91. The third kappa shape index (κ3) is 3.99. The number of nitrogen functional groups attached to an aromatic ring is 1. The quantitative estimate of drug-likeness (QED) is 0.739.